The summed E-state index contributed by atoms with van der Waals surface area (Å²) in [5, 5.41) is 35.8. The number of nitrogens with one attached hydrogen (secondary N) is 2. The summed E-state index contributed by atoms with van der Waals surface area (Å²) in [5.74, 6) is -1.32. The highest BCUT2D eigenvalue weighted by Crippen LogP contribution is 2.24. The lowest BCUT2D eigenvalue weighted by Crippen LogP contribution is -2.53. The van der Waals surface area contributed by atoms with E-state index in [1.807, 2.05) is 38.1 Å². The van der Waals surface area contributed by atoms with E-state index in [1.54, 1.807) is 17.2 Å². The molecule has 0 bridgehead atoms. The van der Waals surface area contributed by atoms with Crippen LogP contribution in [0.4, 0.5) is 4.79 Å². The first kappa shape index (κ1) is 28.6. The maximum Gasteiger partial charge on any atom is 0.475 e. The summed E-state index contributed by atoms with van der Waals surface area (Å²) >= 11 is 0. The van der Waals surface area contributed by atoms with Gasteiger partial charge in [0.05, 0.1) is 25.4 Å². The van der Waals surface area contributed by atoms with Gasteiger partial charge in [0, 0.05) is 43.1 Å². The monoisotopic (exact) mass is 537 g/mol. The van der Waals surface area contributed by atoms with E-state index >= 15 is 0 Å². The Balaban J connectivity index is 1.35. The number of furan rings is 1. The third kappa shape index (κ3) is 6.99. The second-order valence-corrected chi connectivity index (χ2v) is 10.6. The standard InChI is InChI=1S/C27H36BN5O6/c1-27(2,32-10-12-38-13-11-32)15-20(16-29)25(34)33-9-5-6-21(33)17-30-26(35)31-24(28(36)37)14-19-18-39-23-8-4-3-7-22(19)23/h3-4,7-8,15,18,21,24,36-37H,5-6,9-14,17H2,1-2H3,(H2,30,31,35)/b20-15+/t21-,24+/m1/s1. The van der Waals surface area contributed by atoms with Gasteiger partial charge in [-0.25, -0.2) is 4.79 Å². The van der Waals surface area contributed by atoms with Crippen LogP contribution in [0.5, 0.6) is 0 Å². The van der Waals surface area contributed by atoms with Crippen molar-refractivity contribution in [3.05, 3.63) is 47.7 Å². The van der Waals surface area contributed by atoms with E-state index in [-0.39, 0.29) is 30.5 Å². The van der Waals surface area contributed by atoms with Gasteiger partial charge in [-0.2, -0.15) is 5.26 Å². The molecular formula is C27H36BN5O6. The molecule has 2 fully saturated rings. The third-order valence-corrected chi connectivity index (χ3v) is 7.49. The van der Waals surface area contributed by atoms with Gasteiger partial charge in [0.15, 0.2) is 0 Å². The van der Waals surface area contributed by atoms with Crippen molar-refractivity contribution in [3.8, 4) is 6.07 Å². The van der Waals surface area contributed by atoms with E-state index in [4.69, 9.17) is 9.15 Å². The number of likely N-dealkylation sites (tertiary alicyclic amines) is 1. The smallest absolute Gasteiger partial charge is 0.464 e. The molecule has 3 heterocycles. The van der Waals surface area contributed by atoms with Crippen molar-refractivity contribution >= 4 is 30.0 Å². The fourth-order valence-electron chi connectivity index (χ4n) is 5.28. The van der Waals surface area contributed by atoms with Crippen LogP contribution >= 0.6 is 0 Å². The minimum Gasteiger partial charge on any atom is -0.464 e. The highest BCUT2D eigenvalue weighted by atomic mass is 16.5. The van der Waals surface area contributed by atoms with Gasteiger partial charge in [-0.3, -0.25) is 9.69 Å². The first-order valence-electron chi connectivity index (χ1n) is 13.3. The molecule has 2 aliphatic rings. The number of hydrogen-bond acceptors (Lipinski definition) is 8. The summed E-state index contributed by atoms with van der Waals surface area (Å²) < 4.78 is 10.9. The molecule has 0 spiro atoms. The van der Waals surface area contributed by atoms with Gasteiger partial charge in [-0.05, 0) is 50.8 Å². The number of morpholine rings is 1. The molecule has 2 aliphatic heterocycles. The molecule has 2 atom stereocenters. The molecule has 0 saturated carbocycles. The highest BCUT2D eigenvalue weighted by molar-refractivity contribution is 6.43. The molecule has 4 N–H and O–H groups in total. The fourth-order valence-corrected chi connectivity index (χ4v) is 5.28. The van der Waals surface area contributed by atoms with Crippen LogP contribution in [0.15, 0.2) is 46.6 Å². The Morgan fingerprint density at radius 1 is 1.26 bits per heavy atom. The number of ether oxygens (including phenoxy) is 1. The first-order chi connectivity index (χ1) is 18.7. The fraction of sp³-hybridized carbons (Fsp3) is 0.519. The molecule has 0 radical (unpaired) electrons. The van der Waals surface area contributed by atoms with Gasteiger partial charge in [-0.15, -0.1) is 0 Å². The van der Waals surface area contributed by atoms with Crippen molar-refractivity contribution in [1.82, 2.24) is 20.4 Å². The highest BCUT2D eigenvalue weighted by Gasteiger charge is 2.34. The second kappa shape index (κ2) is 12.7. The van der Waals surface area contributed by atoms with Crippen LogP contribution in [0.2, 0.25) is 0 Å². The molecule has 1 aromatic heterocycles. The minimum absolute atomic E-state index is 0.0821. The van der Waals surface area contributed by atoms with Gasteiger partial charge < -0.3 is 34.7 Å². The largest absolute Gasteiger partial charge is 0.475 e. The van der Waals surface area contributed by atoms with Crippen LogP contribution in [0.25, 0.3) is 11.0 Å². The average molecular weight is 537 g/mol. The molecule has 1 aromatic carbocycles. The Bertz CT molecular complexity index is 1230. The Morgan fingerprint density at radius 3 is 2.72 bits per heavy atom. The van der Waals surface area contributed by atoms with Crippen LogP contribution in [0.1, 0.15) is 32.3 Å². The summed E-state index contributed by atoms with van der Waals surface area (Å²) in [6.07, 6.45) is 4.87. The van der Waals surface area contributed by atoms with E-state index in [0.29, 0.717) is 31.8 Å². The summed E-state index contributed by atoms with van der Waals surface area (Å²) in [6, 6.07) is 8.61. The van der Waals surface area contributed by atoms with Crippen LogP contribution in [-0.4, -0.2) is 95.8 Å². The lowest BCUT2D eigenvalue weighted by atomic mass is 9.76. The van der Waals surface area contributed by atoms with Crippen LogP contribution in [0.3, 0.4) is 0 Å². The molecule has 12 heteroatoms. The molecule has 2 saturated heterocycles. The number of para-hydroxylation sites is 1. The molecule has 2 aromatic rings. The summed E-state index contributed by atoms with van der Waals surface area (Å²) in [4.78, 5) is 29.8. The van der Waals surface area contributed by atoms with Gasteiger partial charge >= 0.3 is 13.1 Å². The molecule has 4 rings (SSSR count). The summed E-state index contributed by atoms with van der Waals surface area (Å²) in [6.45, 7) is 7.30. The number of amides is 3. The van der Waals surface area contributed by atoms with Crippen molar-refractivity contribution < 1.29 is 28.8 Å². The molecular weight excluding hydrogens is 501 g/mol. The maximum absolute atomic E-state index is 13.3. The molecule has 0 unspecified atom stereocenters. The van der Waals surface area contributed by atoms with Gasteiger partial charge in [0.1, 0.15) is 17.2 Å². The quantitative estimate of drug-likeness (QED) is 0.212. The second-order valence-electron chi connectivity index (χ2n) is 10.6. The Kier molecular flexibility index (Phi) is 9.30. The third-order valence-electron chi connectivity index (χ3n) is 7.49. The zero-order chi connectivity index (χ0) is 28.0. The number of carbonyl (C=O) groups is 2. The number of benzene rings is 1. The first-order valence-corrected chi connectivity index (χ1v) is 13.3. The van der Waals surface area contributed by atoms with Crippen LogP contribution in [0, 0.1) is 11.3 Å². The van der Waals surface area contributed by atoms with Crippen molar-refractivity contribution in [3.63, 3.8) is 0 Å². The number of nitrogens with zero attached hydrogens (tertiary/aromatic N) is 3. The number of hydrogen-bond donors (Lipinski definition) is 4. The zero-order valence-electron chi connectivity index (χ0n) is 22.4. The lowest BCUT2D eigenvalue weighted by Gasteiger charge is -2.39. The van der Waals surface area contributed by atoms with Gasteiger partial charge in [0.25, 0.3) is 5.91 Å². The molecule has 39 heavy (non-hydrogen) atoms. The predicted molar refractivity (Wildman–Crippen MR) is 145 cm³/mol. The SMILES string of the molecule is CC(C)(/C=C(\C#N)C(=O)N1CCC[C@@H]1CNC(=O)N[C@@H](Cc1coc2ccccc12)B(O)O)N1CCOCC1. The van der Waals surface area contributed by atoms with Crippen LogP contribution in [-0.2, 0) is 16.0 Å². The van der Waals surface area contributed by atoms with E-state index in [2.05, 4.69) is 21.6 Å². The molecule has 208 valence electrons. The topological polar surface area (TPSA) is 151 Å². The molecule has 11 nitrogen and oxygen atoms in total. The number of urea groups is 1. The number of carbonyl (C=O) groups excluding carboxylic acids is 2. The lowest BCUT2D eigenvalue weighted by molar-refractivity contribution is -0.127. The maximum atomic E-state index is 13.3. The molecule has 0 aliphatic carbocycles. The van der Waals surface area contributed by atoms with E-state index in [1.165, 1.54) is 0 Å². The van der Waals surface area contributed by atoms with Crippen molar-refractivity contribution in [2.75, 3.05) is 39.4 Å². The summed E-state index contributed by atoms with van der Waals surface area (Å²) in [7, 11) is -1.79. The van der Waals surface area contributed by atoms with Gasteiger partial charge in [-0.1, -0.05) is 18.2 Å². The van der Waals surface area contributed by atoms with E-state index < -0.39 is 24.6 Å². The Morgan fingerprint density at radius 2 is 2.00 bits per heavy atom. The van der Waals surface area contributed by atoms with Gasteiger partial charge in [0.2, 0.25) is 0 Å². The summed E-state index contributed by atoms with van der Waals surface area (Å²) in [5.41, 5.74) is 1.01. The van der Waals surface area contributed by atoms with E-state index in [0.717, 1.165) is 30.5 Å². The number of nitriles is 1. The van der Waals surface area contributed by atoms with Crippen LogP contribution < -0.4 is 10.6 Å². The minimum atomic E-state index is -1.79. The molecule has 3 amide bonds. The van der Waals surface area contributed by atoms with Crippen molar-refractivity contribution in [1.29, 1.82) is 5.26 Å². The van der Waals surface area contributed by atoms with Crippen molar-refractivity contribution in [2.24, 2.45) is 0 Å². The normalized spacial score (nSPS) is 19.5. The Hall–Kier alpha value is -3.37. The zero-order valence-corrected chi connectivity index (χ0v) is 22.4. The number of fused-ring (bicyclic) bond motifs is 1. The predicted octanol–water partition coefficient (Wildman–Crippen LogP) is 1.21. The van der Waals surface area contributed by atoms with E-state index in [9.17, 15) is 24.9 Å². The Labute approximate surface area is 228 Å². The van der Waals surface area contributed by atoms with Crippen molar-refractivity contribution in [2.45, 2.75) is 50.6 Å². The number of rotatable bonds is 9. The average Bonchev–Trinajstić information content (AvgIpc) is 3.57.